The SMILES string of the molecule is CC(C)(C)OC(=O)Nc1cc(NC(=O)OC(C)(C)C)c(N(CCCl)CCCl)cc1C(N)=O. The molecule has 0 aliphatic rings. The fourth-order valence-corrected chi connectivity index (χ4v) is 3.05. The summed E-state index contributed by atoms with van der Waals surface area (Å²) in [6, 6.07) is 2.87. The monoisotopic (exact) mass is 490 g/mol. The fourth-order valence-electron chi connectivity index (χ4n) is 2.64. The number of carbonyl (C=O) groups is 3. The van der Waals surface area contributed by atoms with Crippen LogP contribution in [-0.4, -0.2) is 54.1 Å². The second kappa shape index (κ2) is 11.5. The van der Waals surface area contributed by atoms with Gasteiger partial charge in [0.15, 0.2) is 0 Å². The molecule has 11 heteroatoms. The van der Waals surface area contributed by atoms with Crippen molar-refractivity contribution in [2.75, 3.05) is 40.4 Å². The summed E-state index contributed by atoms with van der Waals surface area (Å²) in [6.45, 7) is 11.1. The number of nitrogens with two attached hydrogens (primary N) is 1. The standard InChI is InChI=1S/C21H32Cl2N4O5/c1-20(2,3)31-18(29)25-14-12-15(26-19(30)32-21(4,5)6)16(11-13(14)17(24)28)27(9-7-22)10-8-23/h11-12H,7-10H2,1-6H3,(H2,24,28)(H,25,29)(H,26,30). The number of hydrogen-bond donors (Lipinski definition) is 3. The second-order valence-corrected chi connectivity index (χ2v) is 9.65. The summed E-state index contributed by atoms with van der Waals surface area (Å²) in [7, 11) is 0. The van der Waals surface area contributed by atoms with Gasteiger partial charge in [0.1, 0.15) is 11.2 Å². The number of ether oxygens (including phenoxy) is 2. The number of carbonyl (C=O) groups excluding carboxylic acids is 3. The van der Waals surface area contributed by atoms with Gasteiger partial charge in [0.25, 0.3) is 5.91 Å². The van der Waals surface area contributed by atoms with Gasteiger partial charge in [0.05, 0.1) is 22.6 Å². The fraction of sp³-hybridized carbons (Fsp3) is 0.571. The van der Waals surface area contributed by atoms with Crippen LogP contribution >= 0.6 is 23.2 Å². The van der Waals surface area contributed by atoms with Gasteiger partial charge in [-0.25, -0.2) is 9.59 Å². The predicted octanol–water partition coefficient (Wildman–Crippen LogP) is 4.76. The van der Waals surface area contributed by atoms with Crippen molar-refractivity contribution in [3.05, 3.63) is 17.7 Å². The maximum absolute atomic E-state index is 12.5. The molecule has 180 valence electrons. The van der Waals surface area contributed by atoms with E-state index in [1.807, 2.05) is 0 Å². The highest BCUT2D eigenvalue weighted by Crippen LogP contribution is 2.33. The van der Waals surface area contributed by atoms with Gasteiger partial charge in [-0.1, -0.05) is 0 Å². The molecule has 0 saturated carbocycles. The van der Waals surface area contributed by atoms with Crippen molar-refractivity contribution in [1.82, 2.24) is 0 Å². The van der Waals surface area contributed by atoms with Crippen LogP contribution in [0.3, 0.4) is 0 Å². The first kappa shape index (κ1) is 27.6. The zero-order valence-corrected chi connectivity index (χ0v) is 20.8. The molecule has 0 bridgehead atoms. The van der Waals surface area contributed by atoms with Gasteiger partial charge in [-0.15, -0.1) is 23.2 Å². The first-order valence-electron chi connectivity index (χ1n) is 10.0. The minimum atomic E-state index is -0.783. The van der Waals surface area contributed by atoms with Crippen LogP contribution in [0.15, 0.2) is 12.1 Å². The molecule has 0 unspecified atom stereocenters. The Labute approximate surface area is 198 Å². The van der Waals surface area contributed by atoms with Crippen LogP contribution < -0.4 is 21.3 Å². The Kier molecular flexibility index (Phi) is 9.91. The quantitative estimate of drug-likeness (QED) is 0.451. The van der Waals surface area contributed by atoms with E-state index in [1.54, 1.807) is 46.4 Å². The number of primary amides is 1. The molecule has 0 aromatic heterocycles. The molecule has 0 aliphatic carbocycles. The molecular weight excluding hydrogens is 459 g/mol. The van der Waals surface area contributed by atoms with E-state index in [2.05, 4.69) is 10.6 Å². The molecule has 0 aliphatic heterocycles. The Bertz CT molecular complexity index is 829. The molecule has 4 N–H and O–H groups in total. The third-order valence-corrected chi connectivity index (χ3v) is 4.06. The zero-order valence-electron chi connectivity index (χ0n) is 19.3. The van der Waals surface area contributed by atoms with Crippen molar-refractivity contribution < 1.29 is 23.9 Å². The maximum atomic E-state index is 12.5. The predicted molar refractivity (Wildman–Crippen MR) is 128 cm³/mol. The number of hydrogen-bond acceptors (Lipinski definition) is 6. The summed E-state index contributed by atoms with van der Waals surface area (Å²) in [5.74, 6) is -0.239. The first-order chi connectivity index (χ1) is 14.7. The molecule has 0 heterocycles. The lowest BCUT2D eigenvalue weighted by Crippen LogP contribution is -2.32. The van der Waals surface area contributed by atoms with Crippen molar-refractivity contribution in [1.29, 1.82) is 0 Å². The zero-order chi connectivity index (χ0) is 24.7. The van der Waals surface area contributed by atoms with E-state index in [-0.39, 0.29) is 28.7 Å². The van der Waals surface area contributed by atoms with E-state index < -0.39 is 29.3 Å². The first-order valence-corrected chi connectivity index (χ1v) is 11.1. The number of alkyl halides is 2. The molecule has 32 heavy (non-hydrogen) atoms. The van der Waals surface area contributed by atoms with Crippen molar-refractivity contribution in [2.45, 2.75) is 52.7 Å². The largest absolute Gasteiger partial charge is 0.444 e. The number of halogens is 2. The number of rotatable bonds is 8. The molecule has 3 amide bonds. The van der Waals surface area contributed by atoms with Crippen LogP contribution in [0.5, 0.6) is 0 Å². The summed E-state index contributed by atoms with van der Waals surface area (Å²) >= 11 is 11.9. The lowest BCUT2D eigenvalue weighted by molar-refractivity contribution is 0.0625. The summed E-state index contributed by atoms with van der Waals surface area (Å²) < 4.78 is 10.6. The van der Waals surface area contributed by atoms with E-state index in [0.717, 1.165) is 0 Å². The van der Waals surface area contributed by atoms with Crippen molar-refractivity contribution in [3.8, 4) is 0 Å². The number of benzene rings is 1. The Morgan fingerprint density at radius 1 is 0.875 bits per heavy atom. The molecule has 1 aromatic rings. The lowest BCUT2D eigenvalue weighted by Gasteiger charge is -2.28. The summed E-state index contributed by atoms with van der Waals surface area (Å²) in [5, 5.41) is 5.17. The average molecular weight is 491 g/mol. The molecule has 9 nitrogen and oxygen atoms in total. The molecular formula is C21H32Cl2N4O5. The van der Waals surface area contributed by atoms with Crippen LogP contribution in [0.1, 0.15) is 51.9 Å². The van der Waals surface area contributed by atoms with E-state index in [1.165, 1.54) is 12.1 Å². The van der Waals surface area contributed by atoms with Gasteiger partial charge in [-0.3, -0.25) is 15.4 Å². The minimum absolute atomic E-state index is 0.0229. The second-order valence-electron chi connectivity index (χ2n) is 8.90. The summed E-state index contributed by atoms with van der Waals surface area (Å²) in [6.07, 6.45) is -1.50. The summed E-state index contributed by atoms with van der Waals surface area (Å²) in [5.41, 5.74) is 4.87. The number of nitrogens with zero attached hydrogens (tertiary/aromatic N) is 1. The Morgan fingerprint density at radius 3 is 1.69 bits per heavy atom. The normalized spacial score (nSPS) is 11.5. The van der Waals surface area contributed by atoms with E-state index in [4.69, 9.17) is 38.4 Å². The smallest absolute Gasteiger partial charge is 0.412 e. The lowest BCUT2D eigenvalue weighted by atomic mass is 10.1. The number of anilines is 3. The number of nitrogens with one attached hydrogen (secondary N) is 2. The van der Waals surface area contributed by atoms with Crippen LogP contribution in [-0.2, 0) is 9.47 Å². The van der Waals surface area contributed by atoms with Gasteiger partial charge < -0.3 is 20.1 Å². The third-order valence-electron chi connectivity index (χ3n) is 3.72. The van der Waals surface area contributed by atoms with Crippen LogP contribution in [0.4, 0.5) is 26.7 Å². The Balaban J connectivity index is 3.52. The molecule has 0 radical (unpaired) electrons. The number of amides is 3. The van der Waals surface area contributed by atoms with Crippen LogP contribution in [0, 0.1) is 0 Å². The van der Waals surface area contributed by atoms with Crippen molar-refractivity contribution >= 4 is 58.4 Å². The van der Waals surface area contributed by atoms with E-state index >= 15 is 0 Å². The Hall–Kier alpha value is -2.39. The van der Waals surface area contributed by atoms with Crippen LogP contribution in [0.2, 0.25) is 0 Å². The Morgan fingerprint density at radius 2 is 1.31 bits per heavy atom. The average Bonchev–Trinajstić information content (AvgIpc) is 2.58. The van der Waals surface area contributed by atoms with Gasteiger partial charge in [-0.05, 0) is 53.7 Å². The highest BCUT2D eigenvalue weighted by Gasteiger charge is 2.24. The molecule has 0 spiro atoms. The summed E-state index contributed by atoms with van der Waals surface area (Å²) in [4.78, 5) is 38.7. The van der Waals surface area contributed by atoms with Gasteiger partial charge in [0.2, 0.25) is 0 Å². The van der Waals surface area contributed by atoms with Crippen LogP contribution in [0.25, 0.3) is 0 Å². The van der Waals surface area contributed by atoms with E-state index in [9.17, 15) is 14.4 Å². The van der Waals surface area contributed by atoms with Gasteiger partial charge >= 0.3 is 12.2 Å². The highest BCUT2D eigenvalue weighted by atomic mass is 35.5. The van der Waals surface area contributed by atoms with Crippen molar-refractivity contribution in [2.24, 2.45) is 5.73 Å². The van der Waals surface area contributed by atoms with E-state index in [0.29, 0.717) is 18.8 Å². The van der Waals surface area contributed by atoms with Gasteiger partial charge in [-0.2, -0.15) is 0 Å². The molecule has 0 atom stereocenters. The molecule has 1 rings (SSSR count). The van der Waals surface area contributed by atoms with Crippen molar-refractivity contribution in [3.63, 3.8) is 0 Å². The molecule has 0 saturated heterocycles. The minimum Gasteiger partial charge on any atom is -0.444 e. The third kappa shape index (κ3) is 9.40. The highest BCUT2D eigenvalue weighted by molar-refractivity contribution is 6.18. The van der Waals surface area contributed by atoms with Gasteiger partial charge in [0, 0.05) is 24.8 Å². The topological polar surface area (TPSA) is 123 Å². The maximum Gasteiger partial charge on any atom is 0.412 e. The molecule has 0 fully saturated rings. The molecule has 1 aromatic carbocycles.